The highest BCUT2D eigenvalue weighted by molar-refractivity contribution is 7.86. The second-order valence-electron chi connectivity index (χ2n) is 11.4. The van der Waals surface area contributed by atoms with Crippen LogP contribution in [0, 0.1) is 5.92 Å². The fourth-order valence-corrected chi connectivity index (χ4v) is 7.26. The number of oxazole rings is 1. The van der Waals surface area contributed by atoms with E-state index < -0.39 is 20.2 Å². The molecule has 12 heteroatoms. The molecule has 0 saturated heterocycles. The summed E-state index contributed by atoms with van der Waals surface area (Å²) in [5.41, 5.74) is 5.81. The van der Waals surface area contributed by atoms with E-state index in [1.807, 2.05) is 53.1 Å². The minimum Gasteiger partial charge on any atom is -0.398 e. The lowest BCUT2D eigenvalue weighted by atomic mass is 9.83. The van der Waals surface area contributed by atoms with Crippen LogP contribution in [0.3, 0.4) is 0 Å². The van der Waals surface area contributed by atoms with Gasteiger partial charge in [-0.05, 0) is 42.9 Å². The summed E-state index contributed by atoms with van der Waals surface area (Å²) in [7, 11) is -6.35. The maximum absolute atomic E-state index is 11.3. The summed E-state index contributed by atoms with van der Waals surface area (Å²) in [6.45, 7) is 1.06. The van der Waals surface area contributed by atoms with E-state index in [0.717, 1.165) is 41.6 Å². The van der Waals surface area contributed by atoms with Crippen LogP contribution in [0.4, 0.5) is 0 Å². The summed E-state index contributed by atoms with van der Waals surface area (Å²) < 4.78 is 80.1. The molecule has 1 saturated carbocycles. The van der Waals surface area contributed by atoms with Gasteiger partial charge in [0.05, 0.1) is 23.5 Å². The van der Waals surface area contributed by atoms with Crippen molar-refractivity contribution in [1.29, 1.82) is 0 Å². The zero-order valence-electron chi connectivity index (χ0n) is 24.8. The largest absolute Gasteiger partial charge is 0.398 e. The van der Waals surface area contributed by atoms with E-state index in [2.05, 4.69) is 22.8 Å². The van der Waals surface area contributed by atoms with Crippen LogP contribution in [0.15, 0.2) is 70.8 Å². The number of rotatable bonds is 13. The number of aryl methyl sites for hydroxylation is 1. The van der Waals surface area contributed by atoms with Crippen LogP contribution in [-0.4, -0.2) is 67.5 Å². The maximum Gasteiger partial charge on any atom is 0.380 e. The highest BCUT2D eigenvalue weighted by Crippen LogP contribution is 2.31. The van der Waals surface area contributed by atoms with Crippen LogP contribution in [0.5, 0.6) is 0 Å². The number of methoxy groups -OCH3 is 1. The Morgan fingerprint density at radius 3 is 2.32 bits per heavy atom. The molecule has 0 amide bonds. The van der Waals surface area contributed by atoms with Gasteiger partial charge in [0.25, 0.3) is 25.8 Å². The topological polar surface area (TPSA) is 138 Å². The predicted octanol–water partition coefficient (Wildman–Crippen LogP) is 4.90. The van der Waals surface area contributed by atoms with Crippen LogP contribution < -0.4 is 4.57 Å². The third kappa shape index (κ3) is 8.30. The highest BCUT2D eigenvalue weighted by Gasteiger charge is 2.36. The third-order valence-corrected chi connectivity index (χ3v) is 9.94. The van der Waals surface area contributed by atoms with Crippen molar-refractivity contribution in [1.82, 2.24) is 0 Å². The lowest BCUT2D eigenvalue weighted by Crippen LogP contribution is -2.38. The Kier molecular flexibility index (Phi) is 10.2. The first-order valence-corrected chi connectivity index (χ1v) is 18.2. The Morgan fingerprint density at radius 2 is 1.64 bits per heavy atom. The van der Waals surface area contributed by atoms with Crippen molar-refractivity contribution in [3.63, 3.8) is 0 Å². The first kappa shape index (κ1) is 32.2. The molecule has 236 valence electrons. The molecule has 2 atom stereocenters. The van der Waals surface area contributed by atoms with Gasteiger partial charge in [0.1, 0.15) is 12.6 Å². The molecule has 1 aromatic heterocycles. The Labute approximate surface area is 258 Å². The monoisotopic (exact) mass is 644 g/mol. The van der Waals surface area contributed by atoms with Crippen molar-refractivity contribution in [2.24, 2.45) is 5.92 Å². The first-order valence-electron chi connectivity index (χ1n) is 15.0. The van der Waals surface area contributed by atoms with Gasteiger partial charge in [0, 0.05) is 38.5 Å². The number of fused-ring (bicyclic) bond motifs is 2. The molecule has 3 aromatic rings. The highest BCUT2D eigenvalue weighted by atomic mass is 32.2. The van der Waals surface area contributed by atoms with Crippen LogP contribution in [0.2, 0.25) is 0 Å². The SMILES string of the molecule is COC1CCC2=[N+](CCCCS(=O)(=O)O)C(=Cc3oc4ccc(-c5ccccc5)cc4[n+]3CCCCS(=O)(=O)O)C=CC2C1. The molecule has 2 aliphatic rings. The molecule has 10 nitrogen and oxygen atoms in total. The average Bonchev–Trinajstić information content (AvgIpc) is 3.33. The molecule has 0 spiro atoms. The van der Waals surface area contributed by atoms with Crippen molar-refractivity contribution in [3.8, 4) is 11.1 Å². The van der Waals surface area contributed by atoms with Gasteiger partial charge in [0.15, 0.2) is 12.3 Å². The molecule has 2 aromatic carbocycles. The maximum atomic E-state index is 11.3. The van der Waals surface area contributed by atoms with E-state index in [1.54, 1.807) is 7.11 Å². The zero-order valence-corrected chi connectivity index (χ0v) is 26.5. The zero-order chi connectivity index (χ0) is 31.3. The normalized spacial score (nSPS) is 20.0. The van der Waals surface area contributed by atoms with Crippen molar-refractivity contribution < 1.29 is 44.2 Å². The van der Waals surface area contributed by atoms with Crippen molar-refractivity contribution in [2.45, 2.75) is 57.6 Å². The summed E-state index contributed by atoms with van der Waals surface area (Å²) >= 11 is 0. The molecule has 1 aliphatic carbocycles. The lowest BCUT2D eigenvalue weighted by molar-refractivity contribution is -0.678. The fraction of sp³-hybridized carbons (Fsp3) is 0.438. The summed E-state index contributed by atoms with van der Waals surface area (Å²) in [6.07, 6.45) is 10.8. The predicted molar refractivity (Wildman–Crippen MR) is 169 cm³/mol. The minimum absolute atomic E-state index is 0.180. The van der Waals surface area contributed by atoms with E-state index in [0.29, 0.717) is 50.2 Å². The number of ether oxygens (including phenoxy) is 1. The molecule has 2 N–H and O–H groups in total. The Bertz CT molecular complexity index is 1790. The van der Waals surface area contributed by atoms with Crippen molar-refractivity contribution >= 4 is 43.1 Å². The van der Waals surface area contributed by atoms with Gasteiger partial charge in [-0.2, -0.15) is 26.0 Å². The molecule has 2 unspecified atom stereocenters. The number of benzene rings is 2. The number of allylic oxidation sites excluding steroid dienone is 2. The molecular formula is C32H40N2O8S2+2. The minimum atomic E-state index is -4.05. The van der Waals surface area contributed by atoms with Crippen molar-refractivity contribution in [2.75, 3.05) is 25.2 Å². The van der Waals surface area contributed by atoms with Gasteiger partial charge in [-0.3, -0.25) is 9.11 Å². The summed E-state index contributed by atoms with van der Waals surface area (Å²) in [5.74, 6) is 0.224. The van der Waals surface area contributed by atoms with E-state index in [1.165, 1.54) is 5.71 Å². The van der Waals surface area contributed by atoms with Gasteiger partial charge in [-0.15, -0.1) is 0 Å². The molecule has 44 heavy (non-hydrogen) atoms. The first-order chi connectivity index (χ1) is 21.0. The average molecular weight is 645 g/mol. The number of nitrogens with zero attached hydrogens (tertiary/aromatic N) is 2. The smallest absolute Gasteiger partial charge is 0.380 e. The van der Waals surface area contributed by atoms with Crippen LogP contribution in [-0.2, 0) is 31.5 Å². The van der Waals surface area contributed by atoms with Crippen molar-refractivity contribution in [3.05, 3.63) is 72.3 Å². The second-order valence-corrected chi connectivity index (χ2v) is 14.6. The number of unbranched alkanes of at least 4 members (excludes halogenated alkanes) is 2. The number of hydrogen-bond acceptors (Lipinski definition) is 6. The van der Waals surface area contributed by atoms with Gasteiger partial charge in [-0.25, -0.2) is 0 Å². The lowest BCUT2D eigenvalue weighted by Gasteiger charge is -2.29. The van der Waals surface area contributed by atoms with Crippen LogP contribution >= 0.6 is 0 Å². The summed E-state index contributed by atoms with van der Waals surface area (Å²) in [6, 6.07) is 16.0. The van der Waals surface area contributed by atoms with Gasteiger partial charge in [-0.1, -0.05) is 42.5 Å². The summed E-state index contributed by atoms with van der Waals surface area (Å²) in [5, 5.41) is 0. The summed E-state index contributed by atoms with van der Waals surface area (Å²) in [4.78, 5) is 0. The Morgan fingerprint density at radius 1 is 0.932 bits per heavy atom. The Hall–Kier alpha value is -3.16. The molecule has 1 aliphatic heterocycles. The molecule has 2 heterocycles. The van der Waals surface area contributed by atoms with E-state index in [9.17, 15) is 25.9 Å². The van der Waals surface area contributed by atoms with Crippen LogP contribution in [0.1, 0.15) is 50.8 Å². The van der Waals surface area contributed by atoms with E-state index in [4.69, 9.17) is 9.15 Å². The fourth-order valence-electron chi connectivity index (χ4n) is 6.12. The third-order valence-electron chi connectivity index (χ3n) is 8.34. The van der Waals surface area contributed by atoms with Gasteiger partial charge < -0.3 is 9.15 Å². The standard InChI is InChI=1S/C32H38N2O8S2/c1-41-28-14-15-29-26(21-28)11-13-27(33(29)17-5-7-19-43(35,36)37)23-32-34(18-6-8-20-44(38,39)40)30-22-25(12-16-31(30)42-32)24-9-3-2-4-10-24/h2-4,9-13,16,22-23,26,28H,5-8,14-15,17-21H2,1H3/p+2. The number of hydrogen-bond donors (Lipinski definition) is 2. The van der Waals surface area contributed by atoms with Gasteiger partial charge in [0.2, 0.25) is 11.3 Å². The van der Waals surface area contributed by atoms with E-state index in [-0.39, 0.29) is 23.5 Å². The molecule has 5 rings (SSSR count). The van der Waals surface area contributed by atoms with Gasteiger partial charge >= 0.3 is 5.89 Å². The van der Waals surface area contributed by atoms with E-state index >= 15 is 0 Å². The molecule has 0 bridgehead atoms. The number of aromatic nitrogens is 1. The quantitative estimate of drug-likeness (QED) is 0.152. The molecule has 0 radical (unpaired) electrons. The molecule has 1 fully saturated rings. The Balaban J connectivity index is 1.52. The van der Waals surface area contributed by atoms with Crippen LogP contribution in [0.25, 0.3) is 28.3 Å². The molecular weight excluding hydrogens is 604 g/mol. The second kappa shape index (κ2) is 13.9.